The molecule has 11 rings (SSSR count). The van der Waals surface area contributed by atoms with Gasteiger partial charge in [0.15, 0.2) is 0 Å². The molecule has 0 aliphatic heterocycles. The number of imidazole rings is 2. The fourth-order valence-corrected chi connectivity index (χ4v) is 12.2. The molecule has 4 heterocycles. The Bertz CT molecular complexity index is 3270. The van der Waals surface area contributed by atoms with Crippen molar-refractivity contribution >= 4 is 65.2 Å². The van der Waals surface area contributed by atoms with Crippen LogP contribution in [0, 0.1) is 23.7 Å². The van der Waals surface area contributed by atoms with Gasteiger partial charge in [0.25, 0.3) is 12.7 Å². The molecule has 0 N–H and O–H groups in total. The van der Waals surface area contributed by atoms with E-state index in [1.54, 1.807) is 0 Å². The summed E-state index contributed by atoms with van der Waals surface area (Å²) in [7, 11) is 0. The smallest absolute Gasteiger partial charge is 0.269 e. The van der Waals surface area contributed by atoms with E-state index >= 15 is 0 Å². The molecule has 0 atom stereocenters. The summed E-state index contributed by atoms with van der Waals surface area (Å²) in [4.78, 5) is 8.21. The number of thiazole rings is 2. The van der Waals surface area contributed by atoms with E-state index < -0.39 is 0 Å². The average Bonchev–Trinajstić information content (AvgIpc) is 4.25. The molecule has 0 unspecified atom stereocenters. The minimum absolute atomic E-state index is 0. The van der Waals surface area contributed by atoms with Gasteiger partial charge in [0.2, 0.25) is 0 Å². The Morgan fingerprint density at radius 3 is 0.887 bits per heavy atom. The van der Waals surface area contributed by atoms with Gasteiger partial charge in [-0.2, -0.15) is 12.1 Å². The van der Waals surface area contributed by atoms with E-state index in [1.165, 1.54) is 112 Å². The summed E-state index contributed by atoms with van der Waals surface area (Å²) in [5.41, 5.74) is 28.6. The molecule has 7 aromatic carbocycles. The third-order valence-electron chi connectivity index (χ3n) is 15.1. The van der Waals surface area contributed by atoms with Gasteiger partial charge < -0.3 is 9.97 Å². The fraction of sp³-hybridized carbons (Fsp3) is 0.343. The van der Waals surface area contributed by atoms with Crippen molar-refractivity contribution in [3.63, 3.8) is 0 Å². The number of hydrogen-bond acceptors (Lipinski definition) is 4. The predicted molar refractivity (Wildman–Crippen MR) is 330 cm³/mol. The second-order valence-corrected chi connectivity index (χ2v) is 24.9. The topological polar surface area (TPSA) is 43.4 Å². The van der Waals surface area contributed by atoms with Gasteiger partial charge in [-0.3, -0.25) is 40.9 Å². The van der Waals surface area contributed by atoms with Gasteiger partial charge in [0.1, 0.15) is 0 Å². The van der Waals surface area contributed by atoms with Gasteiger partial charge in [-0.15, -0.1) is 9.40 Å². The molecule has 0 aliphatic rings. The van der Waals surface area contributed by atoms with E-state index in [0.717, 1.165) is 20.4 Å². The number of fused-ring (bicyclic) bond motifs is 4. The van der Waals surface area contributed by atoms with Gasteiger partial charge in [0, 0.05) is 44.8 Å². The van der Waals surface area contributed by atoms with Crippen LogP contribution in [0.5, 0.6) is 0 Å². The predicted octanol–water partition coefficient (Wildman–Crippen LogP) is 18.9. The molecule has 2 radical (unpaired) electrons. The molecule has 0 aliphatic carbocycles. The van der Waals surface area contributed by atoms with Crippen molar-refractivity contribution in [1.82, 2.24) is 19.1 Å². The van der Waals surface area contributed by atoms with Crippen molar-refractivity contribution in [3.8, 4) is 22.7 Å². The van der Waals surface area contributed by atoms with Crippen LogP contribution < -0.4 is 9.13 Å². The Morgan fingerprint density at radius 1 is 0.350 bits per heavy atom. The van der Waals surface area contributed by atoms with Gasteiger partial charge >= 0.3 is 0 Å². The maximum absolute atomic E-state index is 4.11. The zero-order chi connectivity index (χ0) is 55.7. The first kappa shape index (κ1) is 62.3. The number of aromatic nitrogens is 6. The van der Waals surface area contributed by atoms with E-state index in [9.17, 15) is 0 Å². The van der Waals surface area contributed by atoms with Gasteiger partial charge in [-0.1, -0.05) is 243 Å². The molecule has 11 aromatic rings. The van der Waals surface area contributed by atoms with E-state index in [-0.39, 0.29) is 44.8 Å². The second kappa shape index (κ2) is 26.8. The largest absolute Gasteiger partial charge is 0.387 e. The number of para-hydroxylation sites is 8. The van der Waals surface area contributed by atoms with Gasteiger partial charge in [-0.25, -0.2) is 0 Å². The first-order chi connectivity index (χ1) is 37.4. The second-order valence-electron chi connectivity index (χ2n) is 23.3. The van der Waals surface area contributed by atoms with Crippen molar-refractivity contribution in [1.29, 1.82) is 0 Å². The number of benzene rings is 7. The summed E-state index contributed by atoms with van der Waals surface area (Å²) in [5.74, 6) is 3.41. The van der Waals surface area contributed by atoms with Gasteiger partial charge in [-0.05, 0) is 103 Å². The quantitative estimate of drug-likeness (QED) is 0.0695. The monoisotopic (exact) mass is 1460 g/mol. The molecule has 0 spiro atoms. The van der Waals surface area contributed by atoms with E-state index in [2.05, 4.69) is 284 Å². The third kappa shape index (κ3) is 12.5. The summed E-state index contributed by atoms with van der Waals surface area (Å²) in [6.45, 7) is 36.6. The van der Waals surface area contributed by atoms with Crippen molar-refractivity contribution in [3.05, 3.63) is 202 Å². The summed E-state index contributed by atoms with van der Waals surface area (Å²) in [5, 5.41) is 0. The molecule has 0 saturated heterocycles. The Hall–Kier alpha value is -5.26. The number of nitrogens with zero attached hydrogens (tertiary/aromatic N) is 6. The van der Waals surface area contributed by atoms with Crippen LogP contribution in [0.1, 0.15) is 203 Å². The summed E-state index contributed by atoms with van der Waals surface area (Å²) in [6, 6.07) is 48.6. The van der Waals surface area contributed by atoms with E-state index in [4.69, 9.17) is 0 Å². The summed E-state index contributed by atoms with van der Waals surface area (Å²) < 4.78 is 11.6. The van der Waals surface area contributed by atoms with Crippen molar-refractivity contribution in [2.45, 2.75) is 158 Å². The first-order valence-electron chi connectivity index (χ1n) is 28.2. The van der Waals surface area contributed by atoms with E-state index in [0.29, 0.717) is 47.3 Å². The molecule has 424 valence electrons. The van der Waals surface area contributed by atoms with Crippen LogP contribution in [-0.4, -0.2) is 19.1 Å². The summed E-state index contributed by atoms with van der Waals surface area (Å²) >= 11 is 3.04. The minimum atomic E-state index is 0. The van der Waals surface area contributed by atoms with Crippen LogP contribution >= 0.6 is 22.7 Å². The van der Waals surface area contributed by atoms with Crippen LogP contribution in [0.4, 0.5) is 0 Å². The molecule has 0 saturated carbocycles. The average molecular weight is 1460 g/mol. The van der Waals surface area contributed by atoms with Crippen LogP contribution in [-0.2, 0) is 44.8 Å². The molecular weight excluding hydrogens is 1380 g/mol. The first-order valence-corrected chi connectivity index (χ1v) is 29.9. The zero-order valence-corrected chi connectivity index (χ0v) is 55.4. The molecule has 6 nitrogen and oxygen atoms in total. The summed E-state index contributed by atoms with van der Waals surface area (Å²) in [6.07, 6.45) is 7.67. The standard InChI is InChI=1S/2C31H38N2.C8H2N2S2.2Au/c2*1-20(2)24-13-11-14-25(21(3)4)30(24)32-19-33(29-18-10-9-17-28(29)32)31-26(22(5)6)15-12-16-27(31)23(7)8;1-5-8(12-3-9-5)2-6-7(1)11-4-10-6;;/h2*9-18,20-23H,1-8H3;1-2H;;/q;;-2;;. The maximum Gasteiger partial charge on any atom is 0.269 e. The van der Waals surface area contributed by atoms with Crippen LogP contribution in [0.2, 0.25) is 0 Å². The Labute approximate surface area is 516 Å². The van der Waals surface area contributed by atoms with Crippen LogP contribution in [0.3, 0.4) is 0 Å². The Balaban J connectivity index is 0.000000187. The third-order valence-corrected chi connectivity index (χ3v) is 16.5. The minimum Gasteiger partial charge on any atom is -0.387 e. The Kier molecular flexibility index (Phi) is 20.9. The normalized spacial score (nSPS) is 11.7. The molecule has 0 bridgehead atoms. The van der Waals surface area contributed by atoms with Crippen LogP contribution in [0.15, 0.2) is 133 Å². The number of hydrogen-bond donors (Lipinski definition) is 0. The molecule has 10 heteroatoms. The fourth-order valence-electron chi connectivity index (χ4n) is 11.0. The van der Waals surface area contributed by atoms with Crippen molar-refractivity contribution in [2.24, 2.45) is 0 Å². The number of rotatable bonds is 12. The van der Waals surface area contributed by atoms with Crippen molar-refractivity contribution < 1.29 is 53.9 Å². The maximum atomic E-state index is 4.11. The molecule has 0 amide bonds. The van der Waals surface area contributed by atoms with Crippen LogP contribution in [0.25, 0.3) is 65.2 Å². The Morgan fingerprint density at radius 2 is 0.613 bits per heavy atom. The molecule has 4 aromatic heterocycles. The zero-order valence-electron chi connectivity index (χ0n) is 49.4. The van der Waals surface area contributed by atoms with Crippen molar-refractivity contribution in [2.75, 3.05) is 0 Å². The van der Waals surface area contributed by atoms with E-state index in [1.807, 2.05) is 12.1 Å². The van der Waals surface area contributed by atoms with Gasteiger partial charge in [0.05, 0.1) is 44.8 Å². The SMILES string of the molecule is CC(C)c1cccc(C(C)C)c1-n1[c-][n+](-c2c(C(C)C)cccc2C(C)C)c2ccccc21.CC(C)c1cccc(C(C)C)c1-n1[c-][n+](-c2c(C(C)C)cccc2C(C)C)c2ccccc21.[Au].[Au].[c-]1nc2cc3s[c-]nc3cc2s1. The molecular formula is C70H78Au2N6S2-2. The molecule has 80 heavy (non-hydrogen) atoms. The molecule has 0 fully saturated rings.